The molecule has 6 atom stereocenters. The van der Waals surface area contributed by atoms with Gasteiger partial charge in [-0.15, -0.1) is 0 Å². The first-order chi connectivity index (χ1) is 15.5. The molecule has 0 aliphatic carbocycles. The minimum atomic E-state index is -5.77. The number of phosphoric acid groups is 3. The van der Waals surface area contributed by atoms with Crippen LogP contribution in [0.25, 0.3) is 5.52 Å². The second-order valence-electron chi connectivity index (χ2n) is 6.81. The van der Waals surface area contributed by atoms with Crippen molar-refractivity contribution in [2.45, 2.75) is 30.8 Å². The summed E-state index contributed by atoms with van der Waals surface area (Å²) in [7, 11) is -16.9. The van der Waals surface area contributed by atoms with Crippen LogP contribution in [0.3, 0.4) is 0 Å². The summed E-state index contributed by atoms with van der Waals surface area (Å²) in [4.78, 5) is 39.8. The van der Waals surface area contributed by atoms with Crippen molar-refractivity contribution >= 4 is 40.6 Å². The molecule has 21 heteroatoms. The molecule has 188 valence electrons. The van der Waals surface area contributed by atoms with Gasteiger partial charge in [-0.05, 0) is 13.0 Å². The van der Waals surface area contributed by atoms with Gasteiger partial charge in [0, 0.05) is 0 Å². The fraction of sp³-hybridized carbons (Fsp3) is 0.462. The van der Waals surface area contributed by atoms with Crippen molar-refractivity contribution in [2.75, 3.05) is 6.61 Å². The fourth-order valence-corrected chi connectivity index (χ4v) is 6.54. The van der Waals surface area contributed by atoms with Gasteiger partial charge in [-0.3, -0.25) is 4.52 Å². The number of aliphatic hydroxyl groups excluding tert-OH is 2. The van der Waals surface area contributed by atoms with Crippen LogP contribution in [0, 0.1) is 18.3 Å². The minimum Gasteiger partial charge on any atom is -0.387 e. The molecule has 1 saturated heterocycles. The van der Waals surface area contributed by atoms with Crippen LogP contribution in [-0.4, -0.2) is 69.3 Å². The summed E-state index contributed by atoms with van der Waals surface area (Å²) in [6, 6.07) is 2.95. The second-order valence-corrected chi connectivity index (χ2v) is 11.6. The number of nitrogens with zero attached hydrogens (tertiary/aromatic N) is 4. The van der Waals surface area contributed by atoms with E-state index in [0.29, 0.717) is 5.69 Å². The van der Waals surface area contributed by atoms with Gasteiger partial charge in [-0.2, -0.15) is 19.0 Å². The number of halogens is 1. The normalized spacial score (nSPS) is 29.0. The maximum Gasteiger partial charge on any atom is 0.490 e. The molecule has 1 fully saturated rings. The molecule has 2 aromatic heterocycles. The number of aliphatic hydroxyl groups is 2. The predicted molar refractivity (Wildman–Crippen MR) is 107 cm³/mol. The largest absolute Gasteiger partial charge is 0.490 e. The van der Waals surface area contributed by atoms with Gasteiger partial charge in [-0.1, -0.05) is 11.6 Å². The third kappa shape index (κ3) is 5.41. The number of hydrogen-bond donors (Lipinski definition) is 6. The predicted octanol–water partition coefficient (Wildman–Crippen LogP) is -0.126. The fourth-order valence-electron chi connectivity index (χ4n) is 3.19. The zero-order valence-corrected chi connectivity index (χ0v) is 20.1. The minimum absolute atomic E-state index is 0.0877. The Kier molecular flexibility index (Phi) is 7.45. The van der Waals surface area contributed by atoms with Gasteiger partial charge >= 0.3 is 23.5 Å². The molecular formula is C13H16ClN4O13P3. The average Bonchev–Trinajstić information content (AvgIpc) is 3.14. The van der Waals surface area contributed by atoms with Crippen LogP contribution < -0.4 is 0 Å². The van der Waals surface area contributed by atoms with E-state index in [9.17, 15) is 39.0 Å². The van der Waals surface area contributed by atoms with E-state index in [0.717, 1.165) is 10.8 Å². The van der Waals surface area contributed by atoms with Crippen molar-refractivity contribution in [3.63, 3.8) is 0 Å². The Balaban J connectivity index is 1.84. The Bertz CT molecular complexity index is 1290. The SMILES string of the molecule is Cc1ncnn2c([C@]3(C#N)O[C@H](COP(=O)(O)OP(=O)(O)OP(=O)(O)O)[C@@H](O)[C@H]3O)cc(Cl)c12. The van der Waals surface area contributed by atoms with Crippen LogP contribution in [-0.2, 0) is 37.2 Å². The van der Waals surface area contributed by atoms with Gasteiger partial charge in [0.15, 0.2) is 0 Å². The van der Waals surface area contributed by atoms with Crippen LogP contribution in [0.15, 0.2) is 12.4 Å². The van der Waals surface area contributed by atoms with E-state index in [4.69, 9.17) is 26.1 Å². The molecule has 0 amide bonds. The highest BCUT2D eigenvalue weighted by molar-refractivity contribution is 7.66. The molecule has 0 radical (unpaired) electrons. The molecule has 2 unspecified atom stereocenters. The number of ether oxygens (including phenoxy) is 1. The van der Waals surface area contributed by atoms with Crippen molar-refractivity contribution < 1.29 is 61.4 Å². The first-order valence-electron chi connectivity index (χ1n) is 8.75. The molecule has 34 heavy (non-hydrogen) atoms. The van der Waals surface area contributed by atoms with Gasteiger partial charge in [0.2, 0.25) is 5.60 Å². The summed E-state index contributed by atoms with van der Waals surface area (Å²) in [5, 5.41) is 34.9. The lowest BCUT2D eigenvalue weighted by Crippen LogP contribution is -2.41. The van der Waals surface area contributed by atoms with Crippen molar-refractivity contribution in [3.8, 4) is 6.07 Å². The molecule has 2 aromatic rings. The molecule has 17 nitrogen and oxygen atoms in total. The Morgan fingerprint density at radius 1 is 1.24 bits per heavy atom. The van der Waals surface area contributed by atoms with Gasteiger partial charge in [-0.25, -0.2) is 23.2 Å². The Morgan fingerprint density at radius 2 is 1.88 bits per heavy atom. The lowest BCUT2D eigenvalue weighted by molar-refractivity contribution is -0.0634. The van der Waals surface area contributed by atoms with Gasteiger partial charge in [0.25, 0.3) is 0 Å². The topological polar surface area (TPSA) is 263 Å². The van der Waals surface area contributed by atoms with E-state index in [1.54, 1.807) is 13.0 Å². The van der Waals surface area contributed by atoms with E-state index in [2.05, 4.69) is 23.2 Å². The van der Waals surface area contributed by atoms with Crippen LogP contribution in [0.2, 0.25) is 5.02 Å². The lowest BCUT2D eigenvalue weighted by Gasteiger charge is -2.24. The number of phosphoric ester groups is 1. The highest BCUT2D eigenvalue weighted by atomic mass is 35.5. The number of fused-ring (bicyclic) bond motifs is 1. The monoisotopic (exact) mass is 564 g/mol. The Hall–Kier alpha value is -1.31. The smallest absolute Gasteiger partial charge is 0.387 e. The highest BCUT2D eigenvalue weighted by Gasteiger charge is 2.58. The summed E-state index contributed by atoms with van der Waals surface area (Å²) < 4.78 is 52.2. The summed E-state index contributed by atoms with van der Waals surface area (Å²) in [5.41, 5.74) is -1.74. The van der Waals surface area contributed by atoms with E-state index in [1.807, 2.05) is 0 Å². The summed E-state index contributed by atoms with van der Waals surface area (Å²) in [5.74, 6) is 0. The quantitative estimate of drug-likeness (QED) is 0.228. The van der Waals surface area contributed by atoms with Crippen molar-refractivity contribution in [2.24, 2.45) is 0 Å². The molecular weight excluding hydrogens is 549 g/mol. The van der Waals surface area contributed by atoms with Crippen molar-refractivity contribution in [1.82, 2.24) is 14.6 Å². The van der Waals surface area contributed by atoms with Crippen LogP contribution in [0.1, 0.15) is 11.4 Å². The van der Waals surface area contributed by atoms with Crippen molar-refractivity contribution in [3.05, 3.63) is 28.8 Å². The average molecular weight is 565 g/mol. The van der Waals surface area contributed by atoms with Crippen molar-refractivity contribution in [1.29, 1.82) is 5.26 Å². The molecule has 3 rings (SSSR count). The number of aryl methyl sites for hydroxylation is 1. The number of rotatable bonds is 8. The molecule has 6 N–H and O–H groups in total. The molecule has 3 heterocycles. The highest BCUT2D eigenvalue weighted by Crippen LogP contribution is 2.66. The molecule has 0 saturated carbocycles. The molecule has 1 aliphatic heterocycles. The number of aromatic nitrogens is 3. The molecule has 1 aliphatic rings. The molecule has 0 spiro atoms. The van der Waals surface area contributed by atoms with Crippen LogP contribution >= 0.6 is 35.1 Å². The maximum absolute atomic E-state index is 11.9. The molecule has 0 bridgehead atoms. The first-order valence-corrected chi connectivity index (χ1v) is 13.6. The van der Waals surface area contributed by atoms with E-state index in [-0.39, 0.29) is 16.2 Å². The number of hydrogen-bond acceptors (Lipinski definition) is 12. The van der Waals surface area contributed by atoms with E-state index >= 15 is 0 Å². The standard InChI is InChI=1S/C13H16ClN4O13P3/c1-6-10-7(14)2-9(18(10)17-5-16-6)13(4-15)12(20)11(19)8(29-13)3-28-33(24,25)31-34(26,27)30-32(21,22)23/h2,5,8,11-12,19-20H,3H2,1H3,(H,24,25)(H,26,27)(H2,21,22,23)/t8-,11-,12-,13+/m1/s1. The van der Waals surface area contributed by atoms with Crippen LogP contribution in [0.5, 0.6) is 0 Å². The molecule has 0 aromatic carbocycles. The second kappa shape index (κ2) is 9.29. The third-order valence-electron chi connectivity index (χ3n) is 4.51. The van der Waals surface area contributed by atoms with Gasteiger partial charge in [0.1, 0.15) is 36.2 Å². The lowest BCUT2D eigenvalue weighted by atomic mass is 9.92. The van der Waals surface area contributed by atoms with E-state index < -0.39 is 54.0 Å². The first kappa shape index (κ1) is 27.3. The Labute approximate surface area is 194 Å². The van der Waals surface area contributed by atoms with Gasteiger partial charge in [0.05, 0.1) is 23.0 Å². The summed E-state index contributed by atoms with van der Waals surface area (Å²) in [6.07, 6.45) is -4.42. The zero-order chi connectivity index (χ0) is 25.7. The summed E-state index contributed by atoms with van der Waals surface area (Å²) in [6.45, 7) is 0.494. The zero-order valence-electron chi connectivity index (χ0n) is 16.6. The Morgan fingerprint density at radius 3 is 2.47 bits per heavy atom. The summed E-state index contributed by atoms with van der Waals surface area (Å²) >= 11 is 6.19. The van der Waals surface area contributed by atoms with Crippen LogP contribution in [0.4, 0.5) is 0 Å². The maximum atomic E-state index is 11.9. The van der Waals surface area contributed by atoms with Gasteiger partial charge < -0.3 is 34.5 Å². The third-order valence-corrected chi connectivity index (χ3v) is 8.60. The number of nitriles is 1. The van der Waals surface area contributed by atoms with E-state index in [1.165, 1.54) is 6.07 Å².